The normalized spacial score (nSPS) is 26.7. The van der Waals surface area contributed by atoms with Crippen molar-refractivity contribution in [3.63, 3.8) is 0 Å². The molecule has 4 heterocycles. The first-order valence-electron chi connectivity index (χ1n) is 8.35. The largest absolute Gasteiger partial charge is 0.458 e. The molecule has 2 aromatic rings. The van der Waals surface area contributed by atoms with Gasteiger partial charge in [0.2, 0.25) is 0 Å². The van der Waals surface area contributed by atoms with Crippen molar-refractivity contribution in [2.75, 3.05) is 24.6 Å². The van der Waals surface area contributed by atoms with Crippen LogP contribution in [0.4, 0.5) is 5.82 Å². The minimum absolute atomic E-state index is 0.00329. The number of ether oxygens (including phenoxy) is 2. The van der Waals surface area contributed by atoms with Crippen LogP contribution in [0, 0.1) is 6.92 Å². The van der Waals surface area contributed by atoms with Gasteiger partial charge in [-0.05, 0) is 38.0 Å². The Morgan fingerprint density at radius 1 is 1.25 bits per heavy atom. The molecule has 4 rings (SSSR count). The summed E-state index contributed by atoms with van der Waals surface area (Å²) in [7, 11) is 0. The standard InChI is InChI=1S/C17H21N5O2/c1-13-4-5-15(21-20-13)22-9-2-6-17(12-22)10-14(11-23-17)24-16-18-7-3-8-19-16/h3-5,7-8,14H,2,6,9-12H2,1H3. The summed E-state index contributed by atoms with van der Waals surface area (Å²) in [4.78, 5) is 10.5. The fourth-order valence-electron chi connectivity index (χ4n) is 3.51. The van der Waals surface area contributed by atoms with Gasteiger partial charge in [-0.2, -0.15) is 5.10 Å². The summed E-state index contributed by atoms with van der Waals surface area (Å²) >= 11 is 0. The highest BCUT2D eigenvalue weighted by molar-refractivity contribution is 5.39. The summed E-state index contributed by atoms with van der Waals surface area (Å²) in [6, 6.07) is 6.22. The Balaban J connectivity index is 1.43. The molecule has 126 valence electrons. The summed E-state index contributed by atoms with van der Waals surface area (Å²) in [5.74, 6) is 0.916. The van der Waals surface area contributed by atoms with Crippen LogP contribution < -0.4 is 9.64 Å². The quantitative estimate of drug-likeness (QED) is 0.851. The molecule has 2 aromatic heterocycles. The van der Waals surface area contributed by atoms with Crippen LogP contribution in [0.3, 0.4) is 0 Å². The van der Waals surface area contributed by atoms with E-state index in [1.165, 1.54) is 0 Å². The van der Waals surface area contributed by atoms with Crippen molar-refractivity contribution in [2.24, 2.45) is 0 Å². The minimum atomic E-state index is -0.176. The highest BCUT2D eigenvalue weighted by atomic mass is 16.6. The summed E-state index contributed by atoms with van der Waals surface area (Å²) < 4.78 is 12.0. The van der Waals surface area contributed by atoms with E-state index in [9.17, 15) is 0 Å². The average Bonchev–Trinajstić information content (AvgIpc) is 2.98. The van der Waals surface area contributed by atoms with E-state index in [0.29, 0.717) is 12.6 Å². The molecule has 0 saturated carbocycles. The molecule has 24 heavy (non-hydrogen) atoms. The minimum Gasteiger partial charge on any atom is -0.458 e. The third kappa shape index (κ3) is 3.17. The van der Waals surface area contributed by atoms with Gasteiger partial charge in [0.05, 0.1) is 17.9 Å². The number of nitrogens with zero attached hydrogens (tertiary/aromatic N) is 5. The number of hydrogen-bond donors (Lipinski definition) is 0. The summed E-state index contributed by atoms with van der Waals surface area (Å²) in [6.45, 7) is 4.32. The first kappa shape index (κ1) is 15.3. The Bertz CT molecular complexity index is 681. The highest BCUT2D eigenvalue weighted by Crippen LogP contribution is 2.36. The van der Waals surface area contributed by atoms with Gasteiger partial charge in [-0.1, -0.05) is 0 Å². The Labute approximate surface area is 141 Å². The van der Waals surface area contributed by atoms with Crippen LogP contribution in [0.5, 0.6) is 6.01 Å². The van der Waals surface area contributed by atoms with Gasteiger partial charge in [0.1, 0.15) is 6.10 Å². The van der Waals surface area contributed by atoms with Crippen LogP contribution in [0.1, 0.15) is 25.0 Å². The monoisotopic (exact) mass is 327 g/mol. The molecule has 0 aliphatic carbocycles. The van der Waals surface area contributed by atoms with E-state index in [-0.39, 0.29) is 11.7 Å². The van der Waals surface area contributed by atoms with Crippen molar-refractivity contribution >= 4 is 5.82 Å². The van der Waals surface area contributed by atoms with Crippen molar-refractivity contribution in [3.05, 3.63) is 36.3 Å². The molecule has 2 atom stereocenters. The third-order valence-electron chi connectivity index (χ3n) is 4.64. The molecule has 0 radical (unpaired) electrons. The SMILES string of the molecule is Cc1ccc(N2CCCC3(CC(Oc4ncccn4)CO3)C2)nn1. The van der Waals surface area contributed by atoms with Gasteiger partial charge in [0.15, 0.2) is 5.82 Å². The van der Waals surface area contributed by atoms with Crippen molar-refractivity contribution in [2.45, 2.75) is 37.9 Å². The molecule has 0 bridgehead atoms. The Morgan fingerprint density at radius 3 is 2.92 bits per heavy atom. The van der Waals surface area contributed by atoms with Crippen LogP contribution in [-0.4, -0.2) is 51.6 Å². The number of aromatic nitrogens is 4. The topological polar surface area (TPSA) is 73.3 Å². The molecule has 0 aromatic carbocycles. The van der Waals surface area contributed by atoms with E-state index in [0.717, 1.165) is 43.9 Å². The molecule has 2 aliphatic heterocycles. The molecular weight excluding hydrogens is 306 g/mol. The Kier molecular flexibility index (Phi) is 4.02. The van der Waals surface area contributed by atoms with Gasteiger partial charge in [0.25, 0.3) is 0 Å². The zero-order valence-corrected chi connectivity index (χ0v) is 13.8. The molecule has 7 heteroatoms. The second-order valence-corrected chi connectivity index (χ2v) is 6.53. The van der Waals surface area contributed by atoms with Gasteiger partial charge < -0.3 is 14.4 Å². The lowest BCUT2D eigenvalue weighted by atomic mass is 9.89. The number of anilines is 1. The second kappa shape index (κ2) is 6.32. The van der Waals surface area contributed by atoms with Gasteiger partial charge in [-0.25, -0.2) is 9.97 Å². The molecule has 2 fully saturated rings. The van der Waals surface area contributed by atoms with Gasteiger partial charge in [-0.3, -0.25) is 0 Å². The van der Waals surface area contributed by atoms with E-state index in [4.69, 9.17) is 9.47 Å². The molecule has 0 N–H and O–H groups in total. The molecule has 1 spiro atoms. The molecule has 2 aliphatic rings. The van der Waals surface area contributed by atoms with Crippen molar-refractivity contribution in [3.8, 4) is 6.01 Å². The van der Waals surface area contributed by atoms with Crippen molar-refractivity contribution in [1.82, 2.24) is 20.2 Å². The number of rotatable bonds is 3. The van der Waals surface area contributed by atoms with Gasteiger partial charge >= 0.3 is 6.01 Å². The molecule has 7 nitrogen and oxygen atoms in total. The van der Waals surface area contributed by atoms with E-state index in [1.807, 2.05) is 19.1 Å². The van der Waals surface area contributed by atoms with E-state index < -0.39 is 0 Å². The molecular formula is C17H21N5O2. The molecule has 2 saturated heterocycles. The van der Waals surface area contributed by atoms with Gasteiger partial charge in [0, 0.05) is 31.9 Å². The first-order valence-corrected chi connectivity index (χ1v) is 8.35. The maximum atomic E-state index is 6.17. The Hall–Kier alpha value is -2.28. The highest BCUT2D eigenvalue weighted by Gasteiger charge is 2.45. The summed E-state index contributed by atoms with van der Waals surface area (Å²) in [6.07, 6.45) is 6.33. The maximum Gasteiger partial charge on any atom is 0.316 e. The fraction of sp³-hybridized carbons (Fsp3) is 0.529. The maximum absolute atomic E-state index is 6.17. The second-order valence-electron chi connectivity index (χ2n) is 6.53. The smallest absolute Gasteiger partial charge is 0.316 e. The number of aryl methyl sites for hydroxylation is 1. The van der Waals surface area contributed by atoms with E-state index in [2.05, 4.69) is 25.1 Å². The first-order chi connectivity index (χ1) is 11.7. The van der Waals surface area contributed by atoms with Crippen LogP contribution in [0.25, 0.3) is 0 Å². The fourth-order valence-corrected chi connectivity index (χ4v) is 3.51. The summed E-state index contributed by atoms with van der Waals surface area (Å²) in [5, 5.41) is 8.48. The predicted molar refractivity (Wildman–Crippen MR) is 88.0 cm³/mol. The van der Waals surface area contributed by atoms with Crippen molar-refractivity contribution < 1.29 is 9.47 Å². The lowest BCUT2D eigenvalue weighted by Gasteiger charge is -2.40. The number of hydrogen-bond acceptors (Lipinski definition) is 7. The molecule has 0 amide bonds. The van der Waals surface area contributed by atoms with Crippen LogP contribution in [0.2, 0.25) is 0 Å². The zero-order chi connectivity index (χ0) is 16.4. The molecule has 2 unspecified atom stereocenters. The van der Waals surface area contributed by atoms with Crippen LogP contribution in [-0.2, 0) is 4.74 Å². The predicted octanol–water partition coefficient (Wildman–Crippen LogP) is 1.78. The van der Waals surface area contributed by atoms with Crippen molar-refractivity contribution in [1.29, 1.82) is 0 Å². The zero-order valence-electron chi connectivity index (χ0n) is 13.8. The third-order valence-corrected chi connectivity index (χ3v) is 4.64. The van der Waals surface area contributed by atoms with Crippen LogP contribution in [0.15, 0.2) is 30.6 Å². The lowest BCUT2D eigenvalue weighted by molar-refractivity contribution is -0.00845. The van der Waals surface area contributed by atoms with E-state index >= 15 is 0 Å². The average molecular weight is 327 g/mol. The Morgan fingerprint density at radius 2 is 2.12 bits per heavy atom. The summed E-state index contributed by atoms with van der Waals surface area (Å²) in [5.41, 5.74) is 0.753. The van der Waals surface area contributed by atoms with Gasteiger partial charge in [-0.15, -0.1) is 5.10 Å². The van der Waals surface area contributed by atoms with Crippen LogP contribution >= 0.6 is 0 Å². The number of piperidine rings is 1. The lowest BCUT2D eigenvalue weighted by Crippen LogP contribution is -2.48. The van der Waals surface area contributed by atoms with E-state index in [1.54, 1.807) is 18.5 Å².